The van der Waals surface area contributed by atoms with Crippen molar-refractivity contribution in [1.82, 2.24) is 9.97 Å². The Labute approximate surface area is 134 Å². The van der Waals surface area contributed by atoms with E-state index < -0.39 is 0 Å². The zero-order valence-electron chi connectivity index (χ0n) is 11.7. The van der Waals surface area contributed by atoms with Gasteiger partial charge in [-0.3, -0.25) is 0 Å². The van der Waals surface area contributed by atoms with Crippen molar-refractivity contribution in [2.45, 2.75) is 19.8 Å². The lowest BCUT2D eigenvalue weighted by molar-refractivity contribution is 0.912. The average Bonchev–Trinajstić information content (AvgIpc) is 2.90. The molecule has 0 spiro atoms. The number of anilines is 3. The van der Waals surface area contributed by atoms with Gasteiger partial charge in [-0.2, -0.15) is 0 Å². The minimum absolute atomic E-state index is 0.593. The molecule has 1 fully saturated rings. The Morgan fingerprint density at radius 2 is 1.67 bits per heavy atom. The van der Waals surface area contributed by atoms with Gasteiger partial charge in [0.2, 0.25) is 0 Å². The molecule has 6 heteroatoms. The van der Waals surface area contributed by atoms with Gasteiger partial charge in [0, 0.05) is 34.9 Å². The molecule has 21 heavy (non-hydrogen) atoms. The molecule has 0 atom stereocenters. The van der Waals surface area contributed by atoms with Crippen LogP contribution in [-0.4, -0.2) is 23.1 Å². The molecule has 2 heterocycles. The van der Waals surface area contributed by atoms with Crippen LogP contribution in [0.4, 0.5) is 17.3 Å². The van der Waals surface area contributed by atoms with E-state index in [9.17, 15) is 0 Å². The molecule has 3 rings (SSSR count). The number of halogens is 2. The van der Waals surface area contributed by atoms with Gasteiger partial charge in [0.1, 0.15) is 17.5 Å². The Kier molecular flexibility index (Phi) is 4.17. The van der Waals surface area contributed by atoms with Crippen molar-refractivity contribution in [1.29, 1.82) is 0 Å². The molecule has 0 amide bonds. The molecule has 0 aliphatic carbocycles. The molecular formula is C15H16Cl2N4. The minimum atomic E-state index is 0.593. The van der Waals surface area contributed by atoms with Crippen molar-refractivity contribution in [2.75, 3.05) is 23.3 Å². The van der Waals surface area contributed by atoms with Gasteiger partial charge in [0.25, 0.3) is 0 Å². The second-order valence-corrected chi connectivity index (χ2v) is 6.01. The second-order valence-electron chi connectivity index (χ2n) is 5.14. The maximum atomic E-state index is 6.02. The second kappa shape index (κ2) is 6.08. The van der Waals surface area contributed by atoms with Crippen molar-refractivity contribution in [3.05, 3.63) is 40.1 Å². The Bertz CT molecular complexity index is 634. The highest BCUT2D eigenvalue weighted by atomic mass is 35.5. The lowest BCUT2D eigenvalue weighted by atomic mass is 10.3. The third kappa shape index (κ3) is 3.57. The highest BCUT2D eigenvalue weighted by Gasteiger charge is 2.15. The van der Waals surface area contributed by atoms with Crippen molar-refractivity contribution >= 4 is 40.5 Å². The fourth-order valence-electron chi connectivity index (χ4n) is 2.50. The Morgan fingerprint density at radius 3 is 2.33 bits per heavy atom. The van der Waals surface area contributed by atoms with Crippen LogP contribution in [0.3, 0.4) is 0 Å². The van der Waals surface area contributed by atoms with Gasteiger partial charge in [-0.25, -0.2) is 9.97 Å². The summed E-state index contributed by atoms with van der Waals surface area (Å²) in [6.45, 7) is 4.01. The Hall–Kier alpha value is -1.52. The van der Waals surface area contributed by atoms with Crippen LogP contribution in [0.2, 0.25) is 10.0 Å². The van der Waals surface area contributed by atoms with Crippen LogP contribution in [0.15, 0.2) is 24.3 Å². The average molecular weight is 323 g/mol. The number of hydrogen-bond acceptors (Lipinski definition) is 4. The molecule has 1 aromatic carbocycles. The summed E-state index contributed by atoms with van der Waals surface area (Å²) in [4.78, 5) is 11.2. The maximum absolute atomic E-state index is 6.02. The molecule has 110 valence electrons. The van der Waals surface area contributed by atoms with Crippen molar-refractivity contribution in [2.24, 2.45) is 0 Å². The smallest absolute Gasteiger partial charge is 0.136 e. The summed E-state index contributed by atoms with van der Waals surface area (Å²) in [7, 11) is 0. The van der Waals surface area contributed by atoms with Crippen molar-refractivity contribution < 1.29 is 0 Å². The van der Waals surface area contributed by atoms with Gasteiger partial charge >= 0.3 is 0 Å². The summed E-state index contributed by atoms with van der Waals surface area (Å²) < 4.78 is 0. The zero-order valence-corrected chi connectivity index (χ0v) is 13.2. The molecule has 0 bridgehead atoms. The molecule has 1 aliphatic heterocycles. The van der Waals surface area contributed by atoms with Crippen LogP contribution in [-0.2, 0) is 0 Å². The van der Waals surface area contributed by atoms with E-state index in [-0.39, 0.29) is 0 Å². The molecular weight excluding hydrogens is 307 g/mol. The van der Waals surface area contributed by atoms with Crippen LogP contribution < -0.4 is 10.2 Å². The van der Waals surface area contributed by atoms with Crippen molar-refractivity contribution in [3.63, 3.8) is 0 Å². The van der Waals surface area contributed by atoms with E-state index in [0.717, 1.165) is 36.2 Å². The summed E-state index contributed by atoms with van der Waals surface area (Å²) in [6.07, 6.45) is 2.44. The van der Waals surface area contributed by atoms with E-state index in [1.54, 1.807) is 6.07 Å². The number of nitrogens with zero attached hydrogens (tertiary/aromatic N) is 3. The number of hydrogen-bond donors (Lipinski definition) is 1. The lowest BCUT2D eigenvalue weighted by Crippen LogP contribution is -2.19. The molecule has 4 nitrogen and oxygen atoms in total. The highest BCUT2D eigenvalue weighted by Crippen LogP contribution is 2.26. The minimum Gasteiger partial charge on any atom is -0.356 e. The van der Waals surface area contributed by atoms with Crippen LogP contribution in [0, 0.1) is 6.92 Å². The molecule has 0 unspecified atom stereocenters. The molecule has 0 radical (unpaired) electrons. The summed E-state index contributed by atoms with van der Waals surface area (Å²) in [5.41, 5.74) is 0.818. The SMILES string of the molecule is Cc1nc(Nc2cc(Cl)cc(Cl)c2)cc(N2CCCC2)n1. The van der Waals surface area contributed by atoms with E-state index in [2.05, 4.69) is 20.2 Å². The first-order valence-electron chi connectivity index (χ1n) is 6.94. The van der Waals surface area contributed by atoms with E-state index >= 15 is 0 Å². The van der Waals surface area contributed by atoms with E-state index in [0.29, 0.717) is 10.0 Å². The molecule has 1 N–H and O–H groups in total. The lowest BCUT2D eigenvalue weighted by Gasteiger charge is -2.18. The zero-order chi connectivity index (χ0) is 14.8. The summed E-state index contributed by atoms with van der Waals surface area (Å²) in [5.74, 6) is 2.47. The number of aryl methyl sites for hydroxylation is 1. The number of nitrogens with one attached hydrogen (secondary N) is 1. The normalized spacial score (nSPS) is 14.5. The predicted molar refractivity (Wildman–Crippen MR) is 88.0 cm³/mol. The Morgan fingerprint density at radius 1 is 1.00 bits per heavy atom. The standard InChI is InChI=1S/C15H16Cl2N4/c1-10-18-14(9-15(19-10)21-4-2-3-5-21)20-13-7-11(16)6-12(17)8-13/h6-9H,2-5H2,1H3,(H,18,19,20). The van der Waals surface area contributed by atoms with Gasteiger partial charge in [-0.1, -0.05) is 23.2 Å². The molecule has 1 saturated heterocycles. The van der Waals surface area contributed by atoms with Gasteiger partial charge in [0.05, 0.1) is 0 Å². The summed E-state index contributed by atoms with van der Waals surface area (Å²) >= 11 is 12.0. The monoisotopic (exact) mass is 322 g/mol. The fraction of sp³-hybridized carbons (Fsp3) is 0.333. The van der Waals surface area contributed by atoms with Crippen LogP contribution in [0.5, 0.6) is 0 Å². The van der Waals surface area contributed by atoms with Crippen LogP contribution >= 0.6 is 23.2 Å². The first-order chi connectivity index (χ1) is 10.1. The fourth-order valence-corrected chi connectivity index (χ4v) is 3.02. The molecule has 1 aliphatic rings. The topological polar surface area (TPSA) is 41.1 Å². The summed E-state index contributed by atoms with van der Waals surface area (Å²) in [5, 5.41) is 4.43. The Balaban J connectivity index is 1.87. The van der Waals surface area contributed by atoms with Crippen LogP contribution in [0.25, 0.3) is 0 Å². The quantitative estimate of drug-likeness (QED) is 0.907. The third-order valence-corrected chi connectivity index (χ3v) is 3.83. The number of rotatable bonds is 3. The summed E-state index contributed by atoms with van der Waals surface area (Å²) in [6, 6.07) is 7.31. The van der Waals surface area contributed by atoms with Gasteiger partial charge in [0.15, 0.2) is 0 Å². The first kappa shape index (κ1) is 14.4. The largest absolute Gasteiger partial charge is 0.356 e. The molecule has 2 aromatic rings. The molecule has 1 aromatic heterocycles. The van der Waals surface area contributed by atoms with Crippen LogP contribution in [0.1, 0.15) is 18.7 Å². The van der Waals surface area contributed by atoms with Gasteiger partial charge in [-0.05, 0) is 38.0 Å². The maximum Gasteiger partial charge on any atom is 0.136 e. The third-order valence-electron chi connectivity index (χ3n) is 3.39. The first-order valence-corrected chi connectivity index (χ1v) is 7.69. The number of aromatic nitrogens is 2. The van der Waals surface area contributed by atoms with Gasteiger partial charge < -0.3 is 10.2 Å². The van der Waals surface area contributed by atoms with Crippen molar-refractivity contribution in [3.8, 4) is 0 Å². The molecule has 0 saturated carbocycles. The predicted octanol–water partition coefficient (Wildman–Crippen LogP) is 4.44. The number of benzene rings is 1. The van der Waals surface area contributed by atoms with Gasteiger partial charge in [-0.15, -0.1) is 0 Å². The highest BCUT2D eigenvalue weighted by molar-refractivity contribution is 6.35. The van der Waals surface area contributed by atoms with E-state index in [1.807, 2.05) is 25.1 Å². The van der Waals surface area contributed by atoms with E-state index in [1.165, 1.54) is 12.8 Å². The van der Waals surface area contributed by atoms with E-state index in [4.69, 9.17) is 23.2 Å².